The second-order valence-corrected chi connectivity index (χ2v) is 4.03. The Hall–Kier alpha value is -1.63. The Bertz CT molecular complexity index is 590. The van der Waals surface area contributed by atoms with Crippen LogP contribution in [-0.4, -0.2) is 18.7 Å². The van der Waals surface area contributed by atoms with Crippen LogP contribution in [0.25, 0.3) is 10.9 Å². The van der Waals surface area contributed by atoms with E-state index < -0.39 is 0 Å². The molecule has 0 radical (unpaired) electrons. The van der Waals surface area contributed by atoms with Crippen molar-refractivity contribution in [1.82, 2.24) is 4.98 Å². The number of benzene rings is 1. The molecule has 2 aromatic rings. The van der Waals surface area contributed by atoms with E-state index in [1.807, 2.05) is 24.3 Å². The predicted octanol–water partition coefficient (Wildman–Crippen LogP) is 2.95. The number of halogens is 1. The van der Waals surface area contributed by atoms with Crippen LogP contribution in [0, 0.1) is 11.3 Å². The van der Waals surface area contributed by atoms with Gasteiger partial charge in [-0.25, -0.2) is 0 Å². The van der Waals surface area contributed by atoms with Gasteiger partial charge in [0.2, 0.25) is 0 Å². The molecule has 17 heavy (non-hydrogen) atoms. The maximum Gasteiger partial charge on any atom is 0.102 e. The summed E-state index contributed by atoms with van der Waals surface area (Å²) in [7, 11) is 1.67. The summed E-state index contributed by atoms with van der Waals surface area (Å²) in [5.74, 6) is 0. The molecule has 0 aliphatic heterocycles. The summed E-state index contributed by atoms with van der Waals surface area (Å²) in [6.45, 7) is 0.637. The van der Waals surface area contributed by atoms with Gasteiger partial charge in [0.05, 0.1) is 22.7 Å². The molecule has 0 amide bonds. The molecule has 4 heteroatoms. The third-order valence-corrected chi connectivity index (χ3v) is 3.02. The van der Waals surface area contributed by atoms with E-state index in [-0.39, 0.29) is 0 Å². The number of hydrogen-bond donors (Lipinski definition) is 0. The zero-order valence-electron chi connectivity index (χ0n) is 9.40. The highest BCUT2D eigenvalue weighted by Gasteiger charge is 2.09. The Labute approximate surface area is 105 Å². The average molecular weight is 247 g/mol. The molecular formula is C13H11ClN2O. The Kier molecular flexibility index (Phi) is 3.58. The molecule has 1 aromatic carbocycles. The fourth-order valence-corrected chi connectivity index (χ4v) is 1.99. The lowest BCUT2D eigenvalue weighted by Gasteiger charge is -2.07. The van der Waals surface area contributed by atoms with Crippen LogP contribution in [0.5, 0.6) is 0 Å². The van der Waals surface area contributed by atoms with Crippen molar-refractivity contribution in [2.75, 3.05) is 13.7 Å². The van der Waals surface area contributed by atoms with Crippen molar-refractivity contribution in [2.24, 2.45) is 0 Å². The first-order chi connectivity index (χ1) is 8.27. The van der Waals surface area contributed by atoms with Gasteiger partial charge in [-0.3, -0.25) is 4.98 Å². The monoisotopic (exact) mass is 246 g/mol. The number of nitrogens with zero attached hydrogens (tertiary/aromatic N) is 2. The number of rotatable bonds is 3. The molecule has 0 bridgehead atoms. The SMILES string of the molecule is COCCc1cccc2c(Cl)c(C#N)cnc12. The molecule has 1 aromatic heterocycles. The largest absolute Gasteiger partial charge is 0.384 e. The number of nitriles is 1. The highest BCUT2D eigenvalue weighted by molar-refractivity contribution is 6.36. The summed E-state index contributed by atoms with van der Waals surface area (Å²) in [5, 5.41) is 10.2. The van der Waals surface area contributed by atoms with E-state index in [0.717, 1.165) is 22.9 Å². The fourth-order valence-electron chi connectivity index (χ4n) is 1.74. The van der Waals surface area contributed by atoms with Gasteiger partial charge in [-0.15, -0.1) is 0 Å². The van der Waals surface area contributed by atoms with Crippen molar-refractivity contribution < 1.29 is 4.74 Å². The van der Waals surface area contributed by atoms with Gasteiger partial charge >= 0.3 is 0 Å². The van der Waals surface area contributed by atoms with Crippen molar-refractivity contribution in [3.05, 3.63) is 40.5 Å². The van der Waals surface area contributed by atoms with E-state index in [1.54, 1.807) is 7.11 Å². The number of pyridine rings is 1. The summed E-state index contributed by atoms with van der Waals surface area (Å²) >= 11 is 6.15. The lowest BCUT2D eigenvalue weighted by molar-refractivity contribution is 0.202. The molecule has 0 atom stereocenters. The number of aromatic nitrogens is 1. The van der Waals surface area contributed by atoms with Crippen molar-refractivity contribution >= 4 is 22.5 Å². The first-order valence-electron chi connectivity index (χ1n) is 5.23. The van der Waals surface area contributed by atoms with Crippen LogP contribution in [0.3, 0.4) is 0 Å². The van der Waals surface area contributed by atoms with Gasteiger partial charge in [-0.1, -0.05) is 29.8 Å². The summed E-state index contributed by atoms with van der Waals surface area (Å²) in [5.41, 5.74) is 2.33. The van der Waals surface area contributed by atoms with Crippen molar-refractivity contribution in [2.45, 2.75) is 6.42 Å². The second kappa shape index (κ2) is 5.13. The van der Waals surface area contributed by atoms with Gasteiger partial charge in [-0.2, -0.15) is 5.26 Å². The zero-order chi connectivity index (χ0) is 12.3. The lowest BCUT2D eigenvalue weighted by Crippen LogP contribution is -1.97. The van der Waals surface area contributed by atoms with E-state index in [9.17, 15) is 0 Å². The number of fused-ring (bicyclic) bond motifs is 1. The molecule has 2 rings (SSSR count). The molecule has 0 saturated carbocycles. The van der Waals surface area contributed by atoms with Gasteiger partial charge in [-0.05, 0) is 12.0 Å². The topological polar surface area (TPSA) is 45.9 Å². The Morgan fingerprint density at radius 2 is 2.29 bits per heavy atom. The van der Waals surface area contributed by atoms with Crippen LogP contribution in [0.2, 0.25) is 5.02 Å². The van der Waals surface area contributed by atoms with Gasteiger partial charge in [0.15, 0.2) is 0 Å². The van der Waals surface area contributed by atoms with Crippen LogP contribution in [0.15, 0.2) is 24.4 Å². The van der Waals surface area contributed by atoms with Gasteiger partial charge in [0.1, 0.15) is 6.07 Å². The Morgan fingerprint density at radius 3 is 3.00 bits per heavy atom. The molecule has 0 saturated heterocycles. The highest BCUT2D eigenvalue weighted by Crippen LogP contribution is 2.27. The fraction of sp³-hybridized carbons (Fsp3) is 0.231. The first kappa shape index (κ1) is 11.8. The number of methoxy groups -OCH3 is 1. The van der Waals surface area contributed by atoms with Crippen molar-refractivity contribution in [1.29, 1.82) is 5.26 Å². The Balaban J connectivity index is 2.59. The molecular weight excluding hydrogens is 236 g/mol. The zero-order valence-corrected chi connectivity index (χ0v) is 10.2. The van der Waals surface area contributed by atoms with Crippen LogP contribution in [-0.2, 0) is 11.2 Å². The van der Waals surface area contributed by atoms with E-state index in [2.05, 4.69) is 4.98 Å². The minimum atomic E-state index is 0.406. The summed E-state index contributed by atoms with van der Waals surface area (Å²) in [6.07, 6.45) is 2.30. The van der Waals surface area contributed by atoms with E-state index in [4.69, 9.17) is 21.6 Å². The summed E-state index contributed by atoms with van der Waals surface area (Å²) in [6, 6.07) is 7.82. The molecule has 0 spiro atoms. The maximum atomic E-state index is 8.89. The third-order valence-electron chi connectivity index (χ3n) is 2.61. The average Bonchev–Trinajstić information content (AvgIpc) is 2.37. The van der Waals surface area contributed by atoms with E-state index in [0.29, 0.717) is 17.2 Å². The normalized spacial score (nSPS) is 10.4. The molecule has 0 aliphatic rings. The summed E-state index contributed by atoms with van der Waals surface area (Å²) < 4.78 is 5.06. The van der Waals surface area contributed by atoms with E-state index >= 15 is 0 Å². The van der Waals surface area contributed by atoms with Crippen LogP contribution in [0.1, 0.15) is 11.1 Å². The molecule has 3 nitrogen and oxygen atoms in total. The standard InChI is InChI=1S/C13H11ClN2O/c1-17-6-5-9-3-2-4-11-12(14)10(7-15)8-16-13(9)11/h2-4,8H,5-6H2,1H3. The van der Waals surface area contributed by atoms with Crippen LogP contribution < -0.4 is 0 Å². The number of hydrogen-bond acceptors (Lipinski definition) is 3. The van der Waals surface area contributed by atoms with Gasteiger partial charge in [0, 0.05) is 18.7 Å². The van der Waals surface area contributed by atoms with Gasteiger partial charge < -0.3 is 4.74 Å². The quantitative estimate of drug-likeness (QED) is 0.837. The maximum absolute atomic E-state index is 8.89. The van der Waals surface area contributed by atoms with Gasteiger partial charge in [0.25, 0.3) is 0 Å². The van der Waals surface area contributed by atoms with Crippen LogP contribution >= 0.6 is 11.6 Å². The molecule has 0 N–H and O–H groups in total. The minimum Gasteiger partial charge on any atom is -0.384 e. The molecule has 0 unspecified atom stereocenters. The molecule has 0 fully saturated rings. The lowest BCUT2D eigenvalue weighted by atomic mass is 10.1. The Morgan fingerprint density at radius 1 is 1.47 bits per heavy atom. The second-order valence-electron chi connectivity index (χ2n) is 3.65. The number of para-hydroxylation sites is 1. The summed E-state index contributed by atoms with van der Waals surface area (Å²) in [4.78, 5) is 4.30. The third kappa shape index (κ3) is 2.23. The van der Waals surface area contributed by atoms with Crippen LogP contribution in [0.4, 0.5) is 0 Å². The van der Waals surface area contributed by atoms with Crippen molar-refractivity contribution in [3.8, 4) is 6.07 Å². The predicted molar refractivity (Wildman–Crippen MR) is 67.0 cm³/mol. The first-order valence-corrected chi connectivity index (χ1v) is 5.61. The van der Waals surface area contributed by atoms with Crippen molar-refractivity contribution in [3.63, 3.8) is 0 Å². The van der Waals surface area contributed by atoms with E-state index in [1.165, 1.54) is 6.20 Å². The highest BCUT2D eigenvalue weighted by atomic mass is 35.5. The molecule has 86 valence electrons. The minimum absolute atomic E-state index is 0.406. The smallest absolute Gasteiger partial charge is 0.102 e. The molecule has 1 heterocycles. The number of ether oxygens (including phenoxy) is 1. The molecule has 0 aliphatic carbocycles.